The fourth-order valence-corrected chi connectivity index (χ4v) is 1.99. The highest BCUT2D eigenvalue weighted by molar-refractivity contribution is 6.32. The molecule has 0 saturated carbocycles. The van der Waals surface area contributed by atoms with Crippen molar-refractivity contribution in [3.63, 3.8) is 0 Å². The second-order valence-corrected chi connectivity index (χ2v) is 4.88. The van der Waals surface area contributed by atoms with Crippen LogP contribution in [0.2, 0.25) is 5.02 Å². The average molecular weight is 333 g/mol. The van der Waals surface area contributed by atoms with Gasteiger partial charge in [0, 0.05) is 34.9 Å². The fraction of sp³-hybridized carbons (Fsp3) is 0. The van der Waals surface area contributed by atoms with E-state index >= 15 is 0 Å². The van der Waals surface area contributed by atoms with Crippen molar-refractivity contribution in [1.82, 2.24) is 0 Å². The maximum atomic E-state index is 12.0. The zero-order valence-electron chi connectivity index (χ0n) is 11.5. The van der Waals surface area contributed by atoms with Crippen LogP contribution in [-0.4, -0.2) is 15.6 Å². The predicted molar refractivity (Wildman–Crippen MR) is 84.6 cm³/mol. The number of carbonyl (C=O) groups excluding carboxylic acids is 1. The number of nitrogens with zero attached hydrogens (tertiary/aromatic N) is 2. The lowest BCUT2D eigenvalue weighted by atomic mass is 10.1. The van der Waals surface area contributed by atoms with Crippen LogP contribution in [0, 0.1) is 20.2 Å². The van der Waals surface area contributed by atoms with E-state index in [1.54, 1.807) is 0 Å². The molecule has 23 heavy (non-hydrogen) atoms. The molecule has 0 fully saturated rings. The summed E-state index contributed by atoms with van der Waals surface area (Å²) in [5, 5.41) is 21.7. The largest absolute Gasteiger partial charge is 0.289 e. The fourth-order valence-electron chi connectivity index (χ4n) is 1.81. The highest BCUT2D eigenvalue weighted by Gasteiger charge is 2.11. The first-order valence-electron chi connectivity index (χ1n) is 6.29. The quantitative estimate of drug-likeness (QED) is 0.355. The van der Waals surface area contributed by atoms with E-state index in [9.17, 15) is 25.0 Å². The normalized spacial score (nSPS) is 10.7. The molecule has 0 saturated heterocycles. The van der Waals surface area contributed by atoms with Gasteiger partial charge in [-0.2, -0.15) is 0 Å². The van der Waals surface area contributed by atoms with E-state index in [1.807, 2.05) is 0 Å². The number of allylic oxidation sites excluding steroid dienone is 1. The number of ketones is 1. The molecule has 0 aliphatic rings. The van der Waals surface area contributed by atoms with Crippen LogP contribution < -0.4 is 0 Å². The highest BCUT2D eigenvalue weighted by atomic mass is 35.5. The monoisotopic (exact) mass is 332 g/mol. The van der Waals surface area contributed by atoms with Gasteiger partial charge in [-0.1, -0.05) is 23.7 Å². The Morgan fingerprint density at radius 3 is 2.30 bits per heavy atom. The van der Waals surface area contributed by atoms with E-state index in [2.05, 4.69) is 0 Å². The summed E-state index contributed by atoms with van der Waals surface area (Å²) < 4.78 is 0. The Morgan fingerprint density at radius 1 is 1.00 bits per heavy atom. The Morgan fingerprint density at radius 2 is 1.65 bits per heavy atom. The van der Waals surface area contributed by atoms with E-state index in [1.165, 1.54) is 42.5 Å². The number of halogens is 1. The van der Waals surface area contributed by atoms with Crippen molar-refractivity contribution in [3.05, 3.63) is 84.9 Å². The van der Waals surface area contributed by atoms with Crippen molar-refractivity contribution in [1.29, 1.82) is 0 Å². The Kier molecular flexibility index (Phi) is 4.82. The Bertz CT molecular complexity index is 832. The van der Waals surface area contributed by atoms with Crippen molar-refractivity contribution in [2.24, 2.45) is 0 Å². The first kappa shape index (κ1) is 16.3. The minimum Gasteiger partial charge on any atom is -0.289 e. The van der Waals surface area contributed by atoms with Gasteiger partial charge in [0.2, 0.25) is 0 Å². The lowest BCUT2D eigenvalue weighted by Gasteiger charge is -1.99. The first-order valence-corrected chi connectivity index (χ1v) is 6.67. The summed E-state index contributed by atoms with van der Waals surface area (Å²) >= 11 is 5.92. The second-order valence-electron chi connectivity index (χ2n) is 4.47. The predicted octanol–water partition coefficient (Wildman–Crippen LogP) is 4.05. The van der Waals surface area contributed by atoms with Crippen LogP contribution >= 0.6 is 11.6 Å². The van der Waals surface area contributed by atoms with Crippen molar-refractivity contribution < 1.29 is 14.6 Å². The van der Waals surface area contributed by atoms with Crippen molar-refractivity contribution >= 4 is 34.8 Å². The van der Waals surface area contributed by atoms with Gasteiger partial charge >= 0.3 is 0 Å². The van der Waals surface area contributed by atoms with Crippen molar-refractivity contribution in [2.75, 3.05) is 0 Å². The molecule has 116 valence electrons. The second kappa shape index (κ2) is 6.80. The van der Waals surface area contributed by atoms with Gasteiger partial charge in [-0.05, 0) is 23.8 Å². The number of hydrogen-bond acceptors (Lipinski definition) is 5. The molecule has 2 rings (SSSR count). The number of non-ortho nitro benzene ring substituents is 2. The average Bonchev–Trinajstić information content (AvgIpc) is 2.53. The van der Waals surface area contributed by atoms with Gasteiger partial charge in [-0.15, -0.1) is 0 Å². The van der Waals surface area contributed by atoms with Gasteiger partial charge in [-0.3, -0.25) is 25.0 Å². The smallest absolute Gasteiger partial charge is 0.270 e. The van der Waals surface area contributed by atoms with Gasteiger partial charge in [0.25, 0.3) is 11.4 Å². The molecule has 0 aliphatic heterocycles. The molecular formula is C15H9ClN2O5. The van der Waals surface area contributed by atoms with E-state index < -0.39 is 15.6 Å². The molecule has 0 N–H and O–H groups in total. The molecule has 0 heterocycles. The summed E-state index contributed by atoms with van der Waals surface area (Å²) in [5.74, 6) is -0.476. The maximum Gasteiger partial charge on any atom is 0.270 e. The summed E-state index contributed by atoms with van der Waals surface area (Å²) in [6, 6.07) is 9.12. The molecule has 0 bridgehead atoms. The Hall–Kier alpha value is -3.06. The molecule has 2 aromatic rings. The number of hydrogen-bond donors (Lipinski definition) is 0. The summed E-state index contributed by atoms with van der Waals surface area (Å²) in [7, 11) is 0. The first-order chi connectivity index (χ1) is 10.9. The van der Waals surface area contributed by atoms with Crippen LogP contribution in [0.3, 0.4) is 0 Å². The third-order valence-electron chi connectivity index (χ3n) is 2.95. The molecule has 2 aromatic carbocycles. The van der Waals surface area contributed by atoms with Gasteiger partial charge in [0.05, 0.1) is 9.85 Å². The van der Waals surface area contributed by atoms with Crippen LogP contribution in [0.15, 0.2) is 48.5 Å². The molecule has 0 spiro atoms. The van der Waals surface area contributed by atoms with Crippen LogP contribution in [-0.2, 0) is 0 Å². The van der Waals surface area contributed by atoms with Gasteiger partial charge in [0.1, 0.15) is 0 Å². The lowest BCUT2D eigenvalue weighted by Crippen LogP contribution is -1.96. The van der Waals surface area contributed by atoms with Crippen molar-refractivity contribution in [3.8, 4) is 0 Å². The molecular weight excluding hydrogens is 324 g/mol. The molecule has 0 amide bonds. The van der Waals surface area contributed by atoms with Gasteiger partial charge < -0.3 is 0 Å². The molecule has 0 aromatic heterocycles. The summed E-state index contributed by atoms with van der Waals surface area (Å²) in [5.41, 5.74) is 0.0890. The topological polar surface area (TPSA) is 103 Å². The number of benzene rings is 2. The lowest BCUT2D eigenvalue weighted by molar-refractivity contribution is -0.385. The number of rotatable bonds is 5. The van der Waals surface area contributed by atoms with Crippen LogP contribution in [0.1, 0.15) is 15.9 Å². The van der Waals surface area contributed by atoms with E-state index in [0.29, 0.717) is 5.56 Å². The number of nitro benzene ring substituents is 2. The van der Waals surface area contributed by atoms with E-state index in [0.717, 1.165) is 12.1 Å². The zero-order valence-corrected chi connectivity index (χ0v) is 12.3. The van der Waals surface area contributed by atoms with Gasteiger partial charge in [-0.25, -0.2) is 0 Å². The van der Waals surface area contributed by atoms with Crippen LogP contribution in [0.5, 0.6) is 0 Å². The standard InChI is InChI=1S/C15H9ClN2O5/c16-14-6-5-13(18(22)23)8-10(14)4-7-15(19)11-2-1-3-12(9-11)17(20)21/h1-9H/b7-4+. The third kappa shape index (κ3) is 3.98. The molecule has 7 nitrogen and oxygen atoms in total. The molecule has 0 unspecified atom stereocenters. The van der Waals surface area contributed by atoms with Crippen LogP contribution in [0.4, 0.5) is 11.4 Å². The Labute approximate surface area is 135 Å². The maximum absolute atomic E-state index is 12.0. The van der Waals surface area contributed by atoms with E-state index in [4.69, 9.17) is 11.6 Å². The zero-order chi connectivity index (χ0) is 17.0. The Balaban J connectivity index is 2.28. The SMILES string of the molecule is O=C(/C=C/c1cc([N+](=O)[O-])ccc1Cl)c1cccc([N+](=O)[O-])c1. The minimum absolute atomic E-state index is 0.136. The summed E-state index contributed by atoms with van der Waals surface area (Å²) in [4.78, 5) is 32.3. The number of nitro groups is 2. The number of carbonyl (C=O) groups is 1. The molecule has 8 heteroatoms. The minimum atomic E-state index is -0.599. The third-order valence-corrected chi connectivity index (χ3v) is 3.29. The van der Waals surface area contributed by atoms with Crippen LogP contribution in [0.25, 0.3) is 6.08 Å². The molecule has 0 aliphatic carbocycles. The molecule has 0 radical (unpaired) electrons. The van der Waals surface area contributed by atoms with E-state index in [-0.39, 0.29) is 22.0 Å². The summed E-state index contributed by atoms with van der Waals surface area (Å²) in [6.07, 6.45) is 2.49. The summed E-state index contributed by atoms with van der Waals surface area (Å²) in [6.45, 7) is 0. The highest BCUT2D eigenvalue weighted by Crippen LogP contribution is 2.23. The molecule has 0 atom stereocenters. The van der Waals surface area contributed by atoms with Gasteiger partial charge in [0.15, 0.2) is 5.78 Å². The van der Waals surface area contributed by atoms with Crippen molar-refractivity contribution in [2.45, 2.75) is 0 Å².